The Kier molecular flexibility index (Phi) is 10.0. The molecule has 0 bridgehead atoms. The van der Waals surface area contributed by atoms with Gasteiger partial charge in [-0.05, 0) is 79.8 Å². The van der Waals surface area contributed by atoms with Gasteiger partial charge in [0.05, 0.1) is 0 Å². The fourth-order valence-corrected chi connectivity index (χ4v) is 7.39. The third-order valence-electron chi connectivity index (χ3n) is 9.59. The minimum Gasteiger partial charge on any atom is -0.480 e. The van der Waals surface area contributed by atoms with E-state index in [0.29, 0.717) is 29.7 Å². The van der Waals surface area contributed by atoms with E-state index in [9.17, 15) is 23.5 Å². The van der Waals surface area contributed by atoms with Crippen molar-refractivity contribution in [3.8, 4) is 0 Å². The van der Waals surface area contributed by atoms with Gasteiger partial charge in [-0.2, -0.15) is 0 Å². The van der Waals surface area contributed by atoms with Gasteiger partial charge in [0.15, 0.2) is 11.6 Å². The number of hydrogen-bond donors (Lipinski definition) is 2. The normalized spacial score (nSPS) is 23.9. The van der Waals surface area contributed by atoms with Crippen molar-refractivity contribution in [1.29, 1.82) is 0 Å². The summed E-state index contributed by atoms with van der Waals surface area (Å²) in [5, 5.41) is 13.1. The third kappa shape index (κ3) is 7.72. The lowest BCUT2D eigenvalue weighted by molar-refractivity contribution is -0.145. The van der Waals surface area contributed by atoms with Crippen LogP contribution >= 0.6 is 0 Å². The minimum absolute atomic E-state index is 0.0637. The number of nitrogens with one attached hydrogen (secondary N) is 1. The minimum atomic E-state index is -0.906. The standard InChI is InChI=1S/C33H43F2N3O3/c34-29-12-11-24(17-30(29)35)19-36-31(39)18-23-13-15-37(16-14-23)20-27-21-38(22-28(27)25-7-3-1-4-8-25)32(33(40)41)26-9-5-2-6-10-26/h1,3-4,7-8,11-12,17,23,26-28,32H,2,5-6,9-10,13-16,18-22H2,(H,36,39)(H,40,41)/t27-,28+,32+/m0/s1. The van der Waals surface area contributed by atoms with Gasteiger partial charge < -0.3 is 15.3 Å². The van der Waals surface area contributed by atoms with Crippen LogP contribution in [-0.4, -0.2) is 65.5 Å². The van der Waals surface area contributed by atoms with Gasteiger partial charge in [0.2, 0.25) is 5.91 Å². The molecule has 1 aliphatic carbocycles. The van der Waals surface area contributed by atoms with Crippen LogP contribution < -0.4 is 5.32 Å². The zero-order valence-electron chi connectivity index (χ0n) is 23.8. The van der Waals surface area contributed by atoms with Crippen LogP contribution in [0.3, 0.4) is 0 Å². The molecule has 0 aromatic heterocycles. The van der Waals surface area contributed by atoms with Crippen molar-refractivity contribution in [2.75, 3.05) is 32.7 Å². The van der Waals surface area contributed by atoms with Gasteiger partial charge >= 0.3 is 5.97 Å². The zero-order chi connectivity index (χ0) is 28.8. The van der Waals surface area contributed by atoms with E-state index in [2.05, 4.69) is 39.4 Å². The molecule has 222 valence electrons. The van der Waals surface area contributed by atoms with Crippen molar-refractivity contribution in [1.82, 2.24) is 15.1 Å². The number of hydrogen-bond acceptors (Lipinski definition) is 4. The predicted molar refractivity (Wildman–Crippen MR) is 154 cm³/mol. The van der Waals surface area contributed by atoms with Gasteiger partial charge in [0.25, 0.3) is 0 Å². The molecule has 1 amide bonds. The molecule has 0 spiro atoms. The molecule has 2 aromatic carbocycles. The molecule has 3 aliphatic rings. The summed E-state index contributed by atoms with van der Waals surface area (Å²) in [4.78, 5) is 29.8. The quantitative estimate of drug-likeness (QED) is 0.401. The number of halogens is 2. The Morgan fingerprint density at radius 3 is 2.34 bits per heavy atom. The maximum atomic E-state index is 13.4. The molecular weight excluding hydrogens is 524 g/mol. The molecule has 2 saturated heterocycles. The van der Waals surface area contributed by atoms with Crippen LogP contribution in [0.15, 0.2) is 48.5 Å². The smallest absolute Gasteiger partial charge is 0.321 e. The average Bonchev–Trinajstić information content (AvgIpc) is 3.38. The number of nitrogens with zero attached hydrogens (tertiary/aromatic N) is 2. The monoisotopic (exact) mass is 567 g/mol. The number of carboxylic acids is 1. The van der Waals surface area contributed by atoms with E-state index in [1.165, 1.54) is 18.1 Å². The molecule has 5 rings (SSSR count). The highest BCUT2D eigenvalue weighted by atomic mass is 19.2. The Labute approximate surface area is 242 Å². The lowest BCUT2D eigenvalue weighted by Crippen LogP contribution is -2.46. The molecule has 8 heteroatoms. The Balaban J connectivity index is 1.15. The lowest BCUT2D eigenvalue weighted by Gasteiger charge is -2.35. The first-order valence-corrected chi connectivity index (χ1v) is 15.3. The first-order chi connectivity index (χ1) is 19.9. The Hall–Kier alpha value is -2.84. The highest BCUT2D eigenvalue weighted by Crippen LogP contribution is 2.38. The Bertz CT molecular complexity index is 1170. The first-order valence-electron chi connectivity index (χ1n) is 15.3. The van der Waals surface area contributed by atoms with Gasteiger partial charge in [0.1, 0.15) is 6.04 Å². The van der Waals surface area contributed by atoms with Crippen molar-refractivity contribution < 1.29 is 23.5 Å². The second kappa shape index (κ2) is 13.9. The van der Waals surface area contributed by atoms with Gasteiger partial charge in [-0.15, -0.1) is 0 Å². The number of amides is 1. The molecule has 2 aliphatic heterocycles. The number of carbonyl (C=O) groups excluding carboxylic acids is 1. The third-order valence-corrected chi connectivity index (χ3v) is 9.59. The second-order valence-electron chi connectivity index (χ2n) is 12.4. The number of benzene rings is 2. The first kappa shape index (κ1) is 29.6. The molecule has 6 nitrogen and oxygen atoms in total. The summed E-state index contributed by atoms with van der Waals surface area (Å²) in [5.41, 5.74) is 1.83. The fraction of sp³-hybridized carbons (Fsp3) is 0.576. The van der Waals surface area contributed by atoms with Crippen molar-refractivity contribution in [3.05, 3.63) is 71.3 Å². The number of carbonyl (C=O) groups is 2. The van der Waals surface area contributed by atoms with Crippen LogP contribution in [0, 0.1) is 29.4 Å². The maximum absolute atomic E-state index is 13.4. The number of carboxylic acid groups (broad SMARTS) is 1. The van der Waals surface area contributed by atoms with Crippen LogP contribution in [0.5, 0.6) is 0 Å². The fourth-order valence-electron chi connectivity index (χ4n) is 7.39. The SMILES string of the molecule is O=C(CC1CCN(C[C@H]2CN([C@@H](C(=O)O)C3CCCCC3)C[C@@H]2c2ccccc2)CC1)NCc1ccc(F)c(F)c1. The van der Waals surface area contributed by atoms with Crippen LogP contribution in [0.25, 0.3) is 0 Å². The molecule has 41 heavy (non-hydrogen) atoms. The summed E-state index contributed by atoms with van der Waals surface area (Å²) < 4.78 is 26.6. The van der Waals surface area contributed by atoms with Crippen molar-refractivity contribution in [2.45, 2.75) is 69.9 Å². The zero-order valence-corrected chi connectivity index (χ0v) is 23.8. The second-order valence-corrected chi connectivity index (χ2v) is 12.4. The van der Waals surface area contributed by atoms with E-state index in [-0.39, 0.29) is 18.4 Å². The Morgan fingerprint density at radius 2 is 1.66 bits per heavy atom. The topological polar surface area (TPSA) is 72.9 Å². The number of aliphatic carboxylic acids is 1. The average molecular weight is 568 g/mol. The van der Waals surface area contributed by atoms with Gasteiger partial charge in [-0.3, -0.25) is 14.5 Å². The predicted octanol–water partition coefficient (Wildman–Crippen LogP) is 5.43. The van der Waals surface area contributed by atoms with E-state index in [4.69, 9.17) is 0 Å². The van der Waals surface area contributed by atoms with Crippen LogP contribution in [0.1, 0.15) is 68.4 Å². The molecule has 0 radical (unpaired) electrons. The molecule has 2 aromatic rings. The van der Waals surface area contributed by atoms with Crippen LogP contribution in [0.4, 0.5) is 8.78 Å². The summed E-state index contributed by atoms with van der Waals surface area (Å²) >= 11 is 0. The Morgan fingerprint density at radius 1 is 0.927 bits per heavy atom. The van der Waals surface area contributed by atoms with Crippen molar-refractivity contribution >= 4 is 11.9 Å². The molecule has 0 unspecified atom stereocenters. The number of likely N-dealkylation sites (tertiary alicyclic amines) is 2. The van der Waals surface area contributed by atoms with E-state index >= 15 is 0 Å². The molecule has 3 atom stereocenters. The lowest BCUT2D eigenvalue weighted by atomic mass is 9.83. The molecule has 1 saturated carbocycles. The number of piperidine rings is 1. The van der Waals surface area contributed by atoms with E-state index in [1.807, 2.05) is 6.07 Å². The summed E-state index contributed by atoms with van der Waals surface area (Å²) in [5.74, 6) is -1.33. The molecule has 3 fully saturated rings. The largest absolute Gasteiger partial charge is 0.480 e. The molecular formula is C33H43F2N3O3. The van der Waals surface area contributed by atoms with Gasteiger partial charge in [0, 0.05) is 38.5 Å². The highest BCUT2D eigenvalue weighted by molar-refractivity contribution is 5.76. The van der Waals surface area contributed by atoms with Crippen LogP contribution in [0.2, 0.25) is 0 Å². The van der Waals surface area contributed by atoms with E-state index < -0.39 is 23.6 Å². The number of rotatable bonds is 10. The summed E-state index contributed by atoms with van der Waals surface area (Å²) in [7, 11) is 0. The van der Waals surface area contributed by atoms with E-state index in [0.717, 1.165) is 83.4 Å². The summed E-state index contributed by atoms with van der Waals surface area (Å²) in [6, 6.07) is 13.8. The van der Waals surface area contributed by atoms with Crippen molar-refractivity contribution in [2.24, 2.45) is 17.8 Å². The van der Waals surface area contributed by atoms with E-state index in [1.54, 1.807) is 0 Å². The van der Waals surface area contributed by atoms with Crippen LogP contribution in [-0.2, 0) is 16.1 Å². The summed E-state index contributed by atoms with van der Waals surface area (Å²) in [6.45, 7) is 4.55. The van der Waals surface area contributed by atoms with Crippen molar-refractivity contribution in [3.63, 3.8) is 0 Å². The summed E-state index contributed by atoms with van der Waals surface area (Å²) in [6.07, 6.45) is 7.80. The van der Waals surface area contributed by atoms with Gasteiger partial charge in [-0.25, -0.2) is 8.78 Å². The highest BCUT2D eigenvalue weighted by Gasteiger charge is 2.43. The van der Waals surface area contributed by atoms with Gasteiger partial charge in [-0.1, -0.05) is 55.7 Å². The molecule has 2 heterocycles. The maximum Gasteiger partial charge on any atom is 0.321 e. The molecule has 2 N–H and O–H groups in total.